The van der Waals surface area contributed by atoms with Gasteiger partial charge in [-0.05, 0) is 77.0 Å². The first kappa shape index (κ1) is 20.3. The summed E-state index contributed by atoms with van der Waals surface area (Å²) in [4.78, 5) is 12.3. The summed E-state index contributed by atoms with van der Waals surface area (Å²) in [7, 11) is 0. The van der Waals surface area contributed by atoms with Gasteiger partial charge >= 0.3 is 0 Å². The van der Waals surface area contributed by atoms with Gasteiger partial charge < -0.3 is 5.32 Å². The molecule has 1 aliphatic carbocycles. The van der Waals surface area contributed by atoms with Gasteiger partial charge in [-0.15, -0.1) is 15.3 Å². The van der Waals surface area contributed by atoms with Crippen LogP contribution in [0.3, 0.4) is 0 Å². The predicted molar refractivity (Wildman–Crippen MR) is 115 cm³/mol. The number of rotatable bonds is 7. The second kappa shape index (κ2) is 8.77. The predicted octanol–water partition coefficient (Wildman–Crippen LogP) is 3.17. The molecule has 8 heteroatoms. The second-order valence-corrected chi connectivity index (χ2v) is 7.98. The third kappa shape index (κ3) is 4.27. The molecule has 0 saturated heterocycles. The molecule has 0 fully saturated rings. The minimum absolute atomic E-state index is 0.0950. The zero-order valence-corrected chi connectivity index (χ0v) is 18.0. The maximum Gasteiger partial charge on any atom is 0.220 e. The van der Waals surface area contributed by atoms with Crippen molar-refractivity contribution in [3.63, 3.8) is 0 Å². The molecule has 0 radical (unpaired) electrons. The van der Waals surface area contributed by atoms with E-state index >= 15 is 0 Å². The van der Waals surface area contributed by atoms with Crippen molar-refractivity contribution in [1.82, 2.24) is 34.9 Å². The molecule has 1 aliphatic rings. The molecule has 0 aliphatic heterocycles. The number of fused-ring (bicyclic) bond motifs is 1. The Kier molecular flexibility index (Phi) is 5.92. The van der Waals surface area contributed by atoms with E-state index < -0.39 is 0 Å². The maximum atomic E-state index is 12.3. The van der Waals surface area contributed by atoms with E-state index in [0.29, 0.717) is 24.3 Å². The van der Waals surface area contributed by atoms with Crippen molar-refractivity contribution < 1.29 is 4.79 Å². The Morgan fingerprint density at radius 3 is 2.77 bits per heavy atom. The van der Waals surface area contributed by atoms with Gasteiger partial charge in [0.25, 0.3) is 0 Å². The Hall–Kier alpha value is -3.03. The van der Waals surface area contributed by atoms with Crippen LogP contribution in [0, 0.1) is 20.8 Å². The van der Waals surface area contributed by atoms with Gasteiger partial charge in [-0.3, -0.25) is 4.79 Å². The van der Waals surface area contributed by atoms with Crippen LogP contribution >= 0.6 is 0 Å². The molecule has 0 spiro atoms. The highest BCUT2D eigenvalue weighted by molar-refractivity contribution is 5.76. The van der Waals surface area contributed by atoms with Crippen molar-refractivity contribution >= 4 is 11.6 Å². The summed E-state index contributed by atoms with van der Waals surface area (Å²) in [6.45, 7) is 6.60. The molecule has 0 unspecified atom stereocenters. The Balaban J connectivity index is 1.38. The van der Waals surface area contributed by atoms with Crippen LogP contribution in [0.25, 0.3) is 11.5 Å². The first-order chi connectivity index (χ1) is 14.5. The Bertz CT molecular complexity index is 1090. The lowest BCUT2D eigenvalue weighted by atomic mass is 9.97. The highest BCUT2D eigenvalue weighted by Gasteiger charge is 2.16. The standard InChI is InChI=1S/C22H29N7O/c1-15-19(9-12-22(30)23-14-13-18-7-5-4-6-8-18)16(2)28(26-15)21-11-10-20-25-24-17(3)29(20)27-21/h7,10-11H,4-6,8-9,12-14H2,1-3H3,(H,23,30). The Labute approximate surface area is 176 Å². The Morgan fingerprint density at radius 1 is 1.10 bits per heavy atom. The third-order valence-electron chi connectivity index (χ3n) is 5.82. The van der Waals surface area contributed by atoms with E-state index in [-0.39, 0.29) is 5.91 Å². The normalized spacial score (nSPS) is 14.2. The number of carbonyl (C=O) groups is 1. The van der Waals surface area contributed by atoms with Crippen LogP contribution in [0.5, 0.6) is 0 Å². The lowest BCUT2D eigenvalue weighted by Gasteiger charge is -2.13. The smallest absolute Gasteiger partial charge is 0.220 e. The zero-order valence-electron chi connectivity index (χ0n) is 18.0. The highest BCUT2D eigenvalue weighted by Crippen LogP contribution is 2.20. The molecule has 0 saturated carbocycles. The summed E-state index contributed by atoms with van der Waals surface area (Å²) < 4.78 is 3.54. The highest BCUT2D eigenvalue weighted by atomic mass is 16.1. The van der Waals surface area contributed by atoms with Gasteiger partial charge in [0.15, 0.2) is 17.3 Å². The summed E-state index contributed by atoms with van der Waals surface area (Å²) in [6, 6.07) is 3.77. The fraction of sp³-hybridized carbons (Fsp3) is 0.500. The number of hydrogen-bond donors (Lipinski definition) is 1. The SMILES string of the molecule is Cc1nn(-c2ccc3nnc(C)n3n2)c(C)c1CCC(=O)NCCC1=CCCCC1. The summed E-state index contributed by atoms with van der Waals surface area (Å²) in [5.74, 6) is 1.54. The summed E-state index contributed by atoms with van der Waals surface area (Å²) in [5.41, 5.74) is 5.23. The number of carbonyl (C=O) groups excluding carboxylic acids is 1. The molecule has 8 nitrogen and oxygen atoms in total. The molecular formula is C22H29N7O. The number of hydrogen-bond acceptors (Lipinski definition) is 5. The molecule has 3 aromatic rings. The van der Waals surface area contributed by atoms with Crippen molar-refractivity contribution in [2.45, 2.75) is 65.7 Å². The van der Waals surface area contributed by atoms with E-state index in [1.165, 1.54) is 31.3 Å². The topological polar surface area (TPSA) is 90.0 Å². The number of nitrogens with one attached hydrogen (secondary N) is 1. The largest absolute Gasteiger partial charge is 0.356 e. The summed E-state index contributed by atoms with van der Waals surface area (Å²) in [6.07, 6.45) is 9.38. The molecule has 4 rings (SSSR count). The van der Waals surface area contributed by atoms with Crippen molar-refractivity contribution in [3.05, 3.63) is 46.6 Å². The molecule has 0 aromatic carbocycles. The van der Waals surface area contributed by atoms with Crippen LogP contribution in [-0.2, 0) is 11.2 Å². The number of nitrogens with zero attached hydrogens (tertiary/aromatic N) is 6. The van der Waals surface area contributed by atoms with Crippen molar-refractivity contribution in [2.75, 3.05) is 6.54 Å². The monoisotopic (exact) mass is 407 g/mol. The maximum absolute atomic E-state index is 12.3. The number of aromatic nitrogens is 6. The molecule has 1 amide bonds. The van der Waals surface area contributed by atoms with Crippen molar-refractivity contribution in [2.24, 2.45) is 0 Å². The molecule has 3 heterocycles. The third-order valence-corrected chi connectivity index (χ3v) is 5.82. The van der Waals surface area contributed by atoms with Gasteiger partial charge in [0.05, 0.1) is 5.69 Å². The van der Waals surface area contributed by atoms with Gasteiger partial charge in [0.1, 0.15) is 0 Å². The van der Waals surface area contributed by atoms with Crippen LogP contribution < -0.4 is 5.32 Å². The van der Waals surface area contributed by atoms with E-state index in [9.17, 15) is 4.79 Å². The van der Waals surface area contributed by atoms with Crippen LogP contribution in [0.4, 0.5) is 0 Å². The van der Waals surface area contributed by atoms with Gasteiger partial charge in [-0.2, -0.15) is 9.61 Å². The number of aryl methyl sites for hydroxylation is 2. The van der Waals surface area contributed by atoms with Crippen LogP contribution in [0.15, 0.2) is 23.8 Å². The summed E-state index contributed by atoms with van der Waals surface area (Å²) >= 11 is 0. The van der Waals surface area contributed by atoms with E-state index in [1.807, 2.05) is 37.6 Å². The Morgan fingerprint density at radius 2 is 1.97 bits per heavy atom. The quantitative estimate of drug-likeness (QED) is 0.608. The molecular weight excluding hydrogens is 378 g/mol. The minimum Gasteiger partial charge on any atom is -0.356 e. The van der Waals surface area contributed by atoms with Gasteiger partial charge in [0, 0.05) is 18.7 Å². The van der Waals surface area contributed by atoms with Gasteiger partial charge in [-0.25, -0.2) is 4.68 Å². The lowest BCUT2D eigenvalue weighted by molar-refractivity contribution is -0.121. The fourth-order valence-electron chi connectivity index (χ4n) is 4.08. The zero-order chi connectivity index (χ0) is 21.1. The molecule has 30 heavy (non-hydrogen) atoms. The second-order valence-electron chi connectivity index (χ2n) is 7.98. The van der Waals surface area contributed by atoms with Crippen LogP contribution in [0.2, 0.25) is 0 Å². The van der Waals surface area contributed by atoms with Crippen LogP contribution in [0.1, 0.15) is 61.3 Å². The minimum atomic E-state index is 0.0950. The van der Waals surface area contributed by atoms with Gasteiger partial charge in [-0.1, -0.05) is 11.6 Å². The van der Waals surface area contributed by atoms with Crippen LogP contribution in [-0.4, -0.2) is 42.0 Å². The number of amides is 1. The molecule has 158 valence electrons. The number of allylic oxidation sites excluding steroid dienone is 1. The molecule has 3 aromatic heterocycles. The van der Waals surface area contributed by atoms with E-state index in [2.05, 4.69) is 31.8 Å². The van der Waals surface area contributed by atoms with Crippen molar-refractivity contribution in [3.8, 4) is 5.82 Å². The molecule has 0 atom stereocenters. The summed E-state index contributed by atoms with van der Waals surface area (Å²) in [5, 5.41) is 20.5. The van der Waals surface area contributed by atoms with E-state index in [0.717, 1.165) is 35.7 Å². The average Bonchev–Trinajstić information content (AvgIpc) is 3.26. The average molecular weight is 408 g/mol. The first-order valence-corrected chi connectivity index (χ1v) is 10.7. The van der Waals surface area contributed by atoms with E-state index in [1.54, 1.807) is 4.52 Å². The molecule has 1 N–H and O–H groups in total. The molecule has 0 bridgehead atoms. The van der Waals surface area contributed by atoms with Crippen molar-refractivity contribution in [1.29, 1.82) is 0 Å². The lowest BCUT2D eigenvalue weighted by Crippen LogP contribution is -2.25. The first-order valence-electron chi connectivity index (χ1n) is 10.7. The van der Waals surface area contributed by atoms with Gasteiger partial charge in [0.2, 0.25) is 5.91 Å². The fourth-order valence-corrected chi connectivity index (χ4v) is 4.08. The van der Waals surface area contributed by atoms with E-state index in [4.69, 9.17) is 0 Å².